The van der Waals surface area contributed by atoms with E-state index >= 15 is 0 Å². The molecular formula is C16H27NO2. The minimum absolute atomic E-state index is 0.452. The van der Waals surface area contributed by atoms with Crippen molar-refractivity contribution < 1.29 is 9.47 Å². The van der Waals surface area contributed by atoms with Crippen LogP contribution in [0.15, 0.2) is 18.2 Å². The fraction of sp³-hybridized carbons (Fsp3) is 0.625. The number of methoxy groups -OCH3 is 1. The molecule has 0 aliphatic carbocycles. The molecule has 19 heavy (non-hydrogen) atoms. The van der Waals surface area contributed by atoms with E-state index in [1.807, 2.05) is 12.1 Å². The van der Waals surface area contributed by atoms with Crippen LogP contribution in [0.3, 0.4) is 0 Å². The standard InChI is InChI=1S/C16H27NO2/c1-6-13(4)11-19-16-14(10-17-12(2)3)8-7-9-15(16)18-5/h7-9,12-13,17H,6,10-11H2,1-5H3. The normalized spacial score (nSPS) is 12.5. The molecule has 1 atom stereocenters. The Morgan fingerprint density at radius 3 is 2.53 bits per heavy atom. The Kier molecular flexibility index (Phi) is 6.71. The summed E-state index contributed by atoms with van der Waals surface area (Å²) < 4.78 is 11.4. The molecule has 0 saturated heterocycles. The average molecular weight is 265 g/mol. The SMILES string of the molecule is CCC(C)COc1c(CNC(C)C)cccc1OC. The first-order valence-electron chi connectivity index (χ1n) is 7.10. The zero-order valence-electron chi connectivity index (χ0n) is 12.8. The van der Waals surface area contributed by atoms with Crippen molar-refractivity contribution in [1.29, 1.82) is 0 Å². The Morgan fingerprint density at radius 1 is 1.21 bits per heavy atom. The van der Waals surface area contributed by atoms with Crippen molar-refractivity contribution in [3.8, 4) is 11.5 Å². The van der Waals surface area contributed by atoms with Gasteiger partial charge in [0.1, 0.15) is 0 Å². The van der Waals surface area contributed by atoms with Gasteiger partial charge in [0.15, 0.2) is 11.5 Å². The monoisotopic (exact) mass is 265 g/mol. The zero-order valence-corrected chi connectivity index (χ0v) is 12.8. The van der Waals surface area contributed by atoms with Crippen molar-refractivity contribution in [2.75, 3.05) is 13.7 Å². The molecule has 0 bridgehead atoms. The molecule has 1 aromatic rings. The molecule has 0 spiro atoms. The van der Waals surface area contributed by atoms with Crippen molar-refractivity contribution in [1.82, 2.24) is 5.32 Å². The maximum absolute atomic E-state index is 5.98. The molecule has 0 amide bonds. The number of rotatable bonds is 8. The van der Waals surface area contributed by atoms with E-state index in [9.17, 15) is 0 Å². The van der Waals surface area contributed by atoms with Gasteiger partial charge in [-0.1, -0.05) is 46.2 Å². The van der Waals surface area contributed by atoms with E-state index in [1.54, 1.807) is 7.11 Å². The minimum Gasteiger partial charge on any atom is -0.493 e. The average Bonchev–Trinajstić information content (AvgIpc) is 2.42. The highest BCUT2D eigenvalue weighted by molar-refractivity contribution is 5.46. The van der Waals surface area contributed by atoms with Crippen LogP contribution in [0.5, 0.6) is 11.5 Å². The fourth-order valence-corrected chi connectivity index (χ4v) is 1.68. The Labute approximate surface area is 117 Å². The largest absolute Gasteiger partial charge is 0.493 e. The molecule has 1 unspecified atom stereocenters. The molecule has 0 aliphatic rings. The third-order valence-corrected chi connectivity index (χ3v) is 3.19. The topological polar surface area (TPSA) is 30.5 Å². The quantitative estimate of drug-likeness (QED) is 0.778. The molecule has 3 heteroatoms. The van der Waals surface area contributed by atoms with Gasteiger partial charge in [-0.3, -0.25) is 0 Å². The third kappa shape index (κ3) is 5.11. The summed E-state index contributed by atoms with van der Waals surface area (Å²) in [6, 6.07) is 6.50. The highest BCUT2D eigenvalue weighted by Gasteiger charge is 2.12. The summed E-state index contributed by atoms with van der Waals surface area (Å²) in [6.45, 7) is 10.2. The van der Waals surface area contributed by atoms with Gasteiger partial charge in [0.2, 0.25) is 0 Å². The van der Waals surface area contributed by atoms with E-state index in [1.165, 1.54) is 0 Å². The van der Waals surface area contributed by atoms with E-state index in [-0.39, 0.29) is 0 Å². The van der Waals surface area contributed by atoms with E-state index in [0.717, 1.165) is 36.6 Å². The number of para-hydroxylation sites is 1. The van der Waals surface area contributed by atoms with Gasteiger partial charge in [0, 0.05) is 18.2 Å². The van der Waals surface area contributed by atoms with Gasteiger partial charge in [0.05, 0.1) is 13.7 Å². The highest BCUT2D eigenvalue weighted by Crippen LogP contribution is 2.31. The molecule has 1 rings (SSSR count). The summed E-state index contributed by atoms with van der Waals surface area (Å²) in [5.41, 5.74) is 1.15. The third-order valence-electron chi connectivity index (χ3n) is 3.19. The number of hydrogen-bond acceptors (Lipinski definition) is 3. The van der Waals surface area contributed by atoms with Gasteiger partial charge in [0.25, 0.3) is 0 Å². The Bertz CT molecular complexity index is 377. The molecular weight excluding hydrogens is 238 g/mol. The minimum atomic E-state index is 0.452. The van der Waals surface area contributed by atoms with Crippen LogP contribution in [0, 0.1) is 5.92 Å². The Morgan fingerprint density at radius 2 is 1.95 bits per heavy atom. The summed E-state index contributed by atoms with van der Waals surface area (Å²) >= 11 is 0. The Hall–Kier alpha value is -1.22. The molecule has 0 aromatic heterocycles. The molecule has 108 valence electrons. The van der Waals surface area contributed by atoms with Crippen LogP contribution in [0.25, 0.3) is 0 Å². The second-order valence-electron chi connectivity index (χ2n) is 5.31. The molecule has 1 aromatic carbocycles. The zero-order chi connectivity index (χ0) is 14.3. The van der Waals surface area contributed by atoms with E-state index in [2.05, 4.69) is 39.1 Å². The first kappa shape index (κ1) is 15.8. The van der Waals surface area contributed by atoms with E-state index < -0.39 is 0 Å². The van der Waals surface area contributed by atoms with Gasteiger partial charge < -0.3 is 14.8 Å². The molecule has 0 saturated carbocycles. The van der Waals surface area contributed by atoms with Gasteiger partial charge in [-0.2, -0.15) is 0 Å². The number of hydrogen-bond donors (Lipinski definition) is 1. The lowest BCUT2D eigenvalue weighted by Crippen LogP contribution is -2.22. The van der Waals surface area contributed by atoms with Gasteiger partial charge in [-0.15, -0.1) is 0 Å². The van der Waals surface area contributed by atoms with Crippen LogP contribution < -0.4 is 14.8 Å². The van der Waals surface area contributed by atoms with Crippen LogP contribution in [0.2, 0.25) is 0 Å². The smallest absolute Gasteiger partial charge is 0.165 e. The van der Waals surface area contributed by atoms with Crippen LogP contribution in [-0.2, 0) is 6.54 Å². The van der Waals surface area contributed by atoms with Crippen molar-refractivity contribution in [3.05, 3.63) is 23.8 Å². The van der Waals surface area contributed by atoms with Crippen LogP contribution >= 0.6 is 0 Å². The van der Waals surface area contributed by atoms with Crippen LogP contribution in [-0.4, -0.2) is 19.8 Å². The summed E-state index contributed by atoms with van der Waals surface area (Å²) in [5.74, 6) is 2.24. The first-order valence-corrected chi connectivity index (χ1v) is 7.10. The summed E-state index contributed by atoms with van der Waals surface area (Å²) in [5, 5.41) is 3.42. The van der Waals surface area contributed by atoms with Crippen LogP contribution in [0.1, 0.15) is 39.7 Å². The van der Waals surface area contributed by atoms with Gasteiger partial charge >= 0.3 is 0 Å². The van der Waals surface area contributed by atoms with Crippen molar-refractivity contribution in [2.24, 2.45) is 5.92 Å². The summed E-state index contributed by atoms with van der Waals surface area (Å²) in [6.07, 6.45) is 1.12. The lowest BCUT2D eigenvalue weighted by molar-refractivity contribution is 0.241. The van der Waals surface area contributed by atoms with E-state index in [4.69, 9.17) is 9.47 Å². The second-order valence-corrected chi connectivity index (χ2v) is 5.31. The van der Waals surface area contributed by atoms with Crippen molar-refractivity contribution >= 4 is 0 Å². The maximum Gasteiger partial charge on any atom is 0.165 e. The predicted molar refractivity (Wildman–Crippen MR) is 79.9 cm³/mol. The van der Waals surface area contributed by atoms with E-state index in [0.29, 0.717) is 12.0 Å². The number of ether oxygens (including phenoxy) is 2. The molecule has 0 aliphatic heterocycles. The first-order chi connectivity index (χ1) is 9.08. The highest BCUT2D eigenvalue weighted by atomic mass is 16.5. The molecule has 0 fully saturated rings. The number of benzene rings is 1. The second kappa shape index (κ2) is 8.05. The lowest BCUT2D eigenvalue weighted by Gasteiger charge is -2.18. The molecule has 1 N–H and O–H groups in total. The molecule has 0 heterocycles. The number of nitrogens with one attached hydrogen (secondary N) is 1. The van der Waals surface area contributed by atoms with Crippen LogP contribution in [0.4, 0.5) is 0 Å². The Balaban J connectivity index is 2.83. The predicted octanol–water partition coefficient (Wildman–Crippen LogP) is 3.62. The fourth-order valence-electron chi connectivity index (χ4n) is 1.68. The van der Waals surface area contributed by atoms with Crippen molar-refractivity contribution in [3.63, 3.8) is 0 Å². The van der Waals surface area contributed by atoms with Gasteiger partial charge in [-0.25, -0.2) is 0 Å². The lowest BCUT2D eigenvalue weighted by atomic mass is 10.1. The van der Waals surface area contributed by atoms with Crippen molar-refractivity contribution in [2.45, 2.75) is 46.7 Å². The molecule has 3 nitrogen and oxygen atoms in total. The molecule has 0 radical (unpaired) electrons. The van der Waals surface area contributed by atoms with Gasteiger partial charge in [-0.05, 0) is 12.0 Å². The maximum atomic E-state index is 5.98. The summed E-state index contributed by atoms with van der Waals surface area (Å²) in [4.78, 5) is 0. The summed E-state index contributed by atoms with van der Waals surface area (Å²) in [7, 11) is 1.69.